The normalized spacial score (nSPS) is 42.0. The van der Waals surface area contributed by atoms with Crippen LogP contribution in [0, 0.1) is 0 Å². The van der Waals surface area contributed by atoms with Crippen molar-refractivity contribution in [2.45, 2.75) is 38.8 Å². The molecule has 1 heteroatoms. The molecule has 0 aromatic carbocycles. The topological polar surface area (TPSA) is 3.01 Å². The van der Waals surface area contributed by atoms with E-state index in [4.69, 9.17) is 0 Å². The van der Waals surface area contributed by atoms with Gasteiger partial charge >= 0.3 is 0 Å². The van der Waals surface area contributed by atoms with Crippen molar-refractivity contribution in [3.05, 3.63) is 0 Å². The van der Waals surface area contributed by atoms with Gasteiger partial charge in [0.25, 0.3) is 0 Å². The first-order chi connectivity index (χ1) is 3.60. The molecule has 8 heavy (non-hydrogen) atoms. The van der Waals surface area contributed by atoms with Crippen LogP contribution in [-0.4, -0.2) is 23.5 Å². The lowest BCUT2D eigenvalue weighted by Crippen LogP contribution is -2.03. The summed E-state index contributed by atoms with van der Waals surface area (Å²) in [7, 11) is 2.19. The molecule has 2 unspecified atom stereocenters. The van der Waals surface area contributed by atoms with Gasteiger partial charge in [0, 0.05) is 11.6 Å². The highest BCUT2D eigenvalue weighted by Gasteiger charge is 2.50. The van der Waals surface area contributed by atoms with Crippen LogP contribution < -0.4 is 0 Å². The summed E-state index contributed by atoms with van der Waals surface area (Å²) in [6.07, 6.45) is 1.30. The van der Waals surface area contributed by atoms with Gasteiger partial charge in [0.1, 0.15) is 0 Å². The summed E-state index contributed by atoms with van der Waals surface area (Å²) >= 11 is 0. The molecular formula is C7H15N. The molecule has 48 valence electrons. The molecule has 1 fully saturated rings. The molecule has 0 spiro atoms. The molecule has 1 aliphatic rings. The van der Waals surface area contributed by atoms with Crippen LogP contribution in [0.3, 0.4) is 0 Å². The Kier molecular flexibility index (Phi) is 1.12. The van der Waals surface area contributed by atoms with Crippen molar-refractivity contribution in [2.75, 3.05) is 7.05 Å². The average Bonchev–Trinajstić information content (AvgIpc) is 2.09. The number of rotatable bonds is 1. The van der Waals surface area contributed by atoms with Crippen LogP contribution in [0.15, 0.2) is 0 Å². The van der Waals surface area contributed by atoms with Crippen molar-refractivity contribution in [2.24, 2.45) is 0 Å². The fourth-order valence-electron chi connectivity index (χ4n) is 1.54. The first-order valence-electron chi connectivity index (χ1n) is 3.33. The Bertz CT molecular complexity index is 96.6. The molecule has 1 saturated heterocycles. The lowest BCUT2D eigenvalue weighted by atomic mass is 10.1. The molecule has 0 N–H and O–H groups in total. The molecule has 0 bridgehead atoms. The van der Waals surface area contributed by atoms with Gasteiger partial charge < -0.3 is 0 Å². The third-order valence-electron chi connectivity index (χ3n) is 2.51. The van der Waals surface area contributed by atoms with E-state index in [0.717, 1.165) is 6.04 Å². The SMILES string of the molecule is CCC1N(C)C1(C)C. The van der Waals surface area contributed by atoms with E-state index in [2.05, 4.69) is 32.7 Å². The van der Waals surface area contributed by atoms with E-state index in [0.29, 0.717) is 5.54 Å². The predicted octanol–water partition coefficient (Wildman–Crippen LogP) is 1.49. The summed E-state index contributed by atoms with van der Waals surface area (Å²) in [6, 6.07) is 0.850. The Morgan fingerprint density at radius 2 is 1.88 bits per heavy atom. The van der Waals surface area contributed by atoms with Gasteiger partial charge in [0.2, 0.25) is 0 Å². The Morgan fingerprint density at radius 1 is 1.50 bits per heavy atom. The summed E-state index contributed by atoms with van der Waals surface area (Å²) in [6.45, 7) is 6.83. The number of hydrogen-bond donors (Lipinski definition) is 0. The maximum atomic E-state index is 2.41. The van der Waals surface area contributed by atoms with Gasteiger partial charge in [0.15, 0.2) is 0 Å². The molecule has 0 aromatic heterocycles. The van der Waals surface area contributed by atoms with Crippen LogP contribution in [0.1, 0.15) is 27.2 Å². The Balaban J connectivity index is 2.45. The summed E-state index contributed by atoms with van der Waals surface area (Å²) in [5.74, 6) is 0. The highest BCUT2D eigenvalue weighted by atomic mass is 15.4. The quantitative estimate of drug-likeness (QED) is 0.465. The van der Waals surface area contributed by atoms with Crippen LogP contribution >= 0.6 is 0 Å². The third-order valence-corrected chi connectivity index (χ3v) is 2.51. The first-order valence-corrected chi connectivity index (χ1v) is 3.33. The molecule has 0 saturated carbocycles. The monoisotopic (exact) mass is 113 g/mol. The number of likely N-dealkylation sites (N-methyl/N-ethyl adjacent to an activating group) is 1. The summed E-state index contributed by atoms with van der Waals surface area (Å²) in [4.78, 5) is 2.41. The number of hydrogen-bond acceptors (Lipinski definition) is 1. The molecule has 1 nitrogen and oxygen atoms in total. The van der Waals surface area contributed by atoms with Crippen LogP contribution in [0.2, 0.25) is 0 Å². The van der Waals surface area contributed by atoms with E-state index in [1.807, 2.05) is 0 Å². The fourth-order valence-corrected chi connectivity index (χ4v) is 1.54. The Labute approximate surface area is 51.7 Å². The molecule has 1 rings (SSSR count). The maximum absolute atomic E-state index is 2.41. The molecule has 1 heterocycles. The zero-order valence-electron chi connectivity index (χ0n) is 6.23. The zero-order valence-corrected chi connectivity index (χ0v) is 6.23. The van der Waals surface area contributed by atoms with E-state index >= 15 is 0 Å². The molecule has 0 amide bonds. The second kappa shape index (κ2) is 1.47. The van der Waals surface area contributed by atoms with E-state index in [1.54, 1.807) is 0 Å². The smallest absolute Gasteiger partial charge is 0.0309 e. The second-order valence-corrected chi connectivity index (χ2v) is 3.19. The summed E-state index contributed by atoms with van der Waals surface area (Å²) < 4.78 is 0. The maximum Gasteiger partial charge on any atom is 0.0309 e. The van der Waals surface area contributed by atoms with Crippen molar-refractivity contribution in [1.29, 1.82) is 0 Å². The predicted molar refractivity (Wildman–Crippen MR) is 35.9 cm³/mol. The molecule has 1 aliphatic heterocycles. The minimum atomic E-state index is 0.509. The largest absolute Gasteiger partial charge is 0.295 e. The first kappa shape index (κ1) is 6.09. The van der Waals surface area contributed by atoms with Crippen molar-refractivity contribution < 1.29 is 0 Å². The van der Waals surface area contributed by atoms with Crippen LogP contribution in [0.5, 0.6) is 0 Å². The van der Waals surface area contributed by atoms with E-state index in [-0.39, 0.29) is 0 Å². The molecule has 2 atom stereocenters. The van der Waals surface area contributed by atoms with Crippen LogP contribution in [-0.2, 0) is 0 Å². The minimum Gasteiger partial charge on any atom is -0.295 e. The van der Waals surface area contributed by atoms with Gasteiger partial charge in [-0.05, 0) is 27.3 Å². The Morgan fingerprint density at radius 3 is 1.88 bits per heavy atom. The Hall–Kier alpha value is -0.0400. The standard InChI is InChI=1S/C7H15N/c1-5-6-7(2,3)8(6)4/h6H,5H2,1-4H3. The van der Waals surface area contributed by atoms with Crippen molar-refractivity contribution >= 4 is 0 Å². The van der Waals surface area contributed by atoms with Gasteiger partial charge in [-0.2, -0.15) is 0 Å². The van der Waals surface area contributed by atoms with E-state index in [9.17, 15) is 0 Å². The zero-order chi connectivity index (χ0) is 6.36. The minimum absolute atomic E-state index is 0.509. The third kappa shape index (κ3) is 0.576. The number of nitrogens with zero attached hydrogens (tertiary/aromatic N) is 1. The van der Waals surface area contributed by atoms with Gasteiger partial charge in [-0.15, -0.1) is 0 Å². The van der Waals surface area contributed by atoms with Gasteiger partial charge in [0.05, 0.1) is 0 Å². The van der Waals surface area contributed by atoms with Crippen LogP contribution in [0.25, 0.3) is 0 Å². The van der Waals surface area contributed by atoms with Crippen molar-refractivity contribution in [3.63, 3.8) is 0 Å². The lowest BCUT2D eigenvalue weighted by Gasteiger charge is -1.94. The highest BCUT2D eigenvalue weighted by molar-refractivity contribution is 5.08. The highest BCUT2D eigenvalue weighted by Crippen LogP contribution is 2.39. The summed E-state index contributed by atoms with van der Waals surface area (Å²) in [5, 5.41) is 0. The van der Waals surface area contributed by atoms with Crippen LogP contribution in [0.4, 0.5) is 0 Å². The van der Waals surface area contributed by atoms with E-state index < -0.39 is 0 Å². The van der Waals surface area contributed by atoms with Crippen molar-refractivity contribution in [3.8, 4) is 0 Å². The summed E-state index contributed by atoms with van der Waals surface area (Å²) in [5.41, 5.74) is 0.509. The van der Waals surface area contributed by atoms with E-state index in [1.165, 1.54) is 6.42 Å². The van der Waals surface area contributed by atoms with Crippen molar-refractivity contribution in [1.82, 2.24) is 4.90 Å². The van der Waals surface area contributed by atoms with Gasteiger partial charge in [-0.3, -0.25) is 4.90 Å². The molecule has 0 radical (unpaired) electrons. The molecular weight excluding hydrogens is 98.1 g/mol. The average molecular weight is 113 g/mol. The fraction of sp³-hybridized carbons (Fsp3) is 1.00. The second-order valence-electron chi connectivity index (χ2n) is 3.19. The van der Waals surface area contributed by atoms with Gasteiger partial charge in [-0.1, -0.05) is 6.92 Å². The molecule has 0 aromatic rings. The van der Waals surface area contributed by atoms with Gasteiger partial charge in [-0.25, -0.2) is 0 Å². The lowest BCUT2D eigenvalue weighted by molar-refractivity contribution is 0.520. The molecule has 0 aliphatic carbocycles.